The van der Waals surface area contributed by atoms with E-state index >= 15 is 0 Å². The van der Waals surface area contributed by atoms with E-state index in [-0.39, 0.29) is 21.9 Å². The molecule has 0 aliphatic carbocycles. The molecule has 2 rings (SSSR count). The van der Waals surface area contributed by atoms with Gasteiger partial charge in [0.1, 0.15) is 4.90 Å². The highest BCUT2D eigenvalue weighted by atomic mass is 35.5. The second-order valence-corrected chi connectivity index (χ2v) is 8.75. The third kappa shape index (κ3) is 5.18. The number of sulfonamides is 1. The smallest absolute Gasteiger partial charge is 0.305 e. The topological polar surface area (TPSA) is 104 Å². The molecule has 2 N–H and O–H groups in total. The first kappa shape index (κ1) is 20.7. The number of nitrogens with zero attached hydrogens (tertiary/aromatic N) is 1. The van der Waals surface area contributed by atoms with E-state index in [1.165, 1.54) is 22.5 Å². The molecule has 26 heavy (non-hydrogen) atoms. The lowest BCUT2D eigenvalue weighted by Crippen LogP contribution is -2.35. The molecule has 0 aromatic heterocycles. The molecule has 1 saturated heterocycles. The molecular weight excluding hydrogens is 380 g/mol. The van der Waals surface area contributed by atoms with Gasteiger partial charge in [-0.25, -0.2) is 8.42 Å². The van der Waals surface area contributed by atoms with Crippen molar-refractivity contribution >= 4 is 33.5 Å². The van der Waals surface area contributed by atoms with E-state index in [2.05, 4.69) is 5.32 Å². The molecule has 0 bridgehead atoms. The lowest BCUT2D eigenvalue weighted by Gasteiger charge is -2.21. The molecular formula is C17H23ClN2O5S. The molecule has 9 heteroatoms. The van der Waals surface area contributed by atoms with E-state index in [0.717, 1.165) is 25.7 Å². The van der Waals surface area contributed by atoms with Gasteiger partial charge in [-0.1, -0.05) is 24.4 Å². The molecule has 1 fully saturated rings. The van der Waals surface area contributed by atoms with Gasteiger partial charge < -0.3 is 10.4 Å². The van der Waals surface area contributed by atoms with E-state index in [0.29, 0.717) is 13.1 Å². The van der Waals surface area contributed by atoms with Gasteiger partial charge in [0, 0.05) is 24.7 Å². The Balaban J connectivity index is 2.25. The molecule has 1 aliphatic rings. The number of halogens is 1. The Morgan fingerprint density at radius 3 is 2.42 bits per heavy atom. The largest absolute Gasteiger partial charge is 0.481 e. The van der Waals surface area contributed by atoms with Crippen molar-refractivity contribution in [1.82, 2.24) is 9.62 Å². The number of carboxylic acids is 1. The second kappa shape index (κ2) is 8.83. The van der Waals surface area contributed by atoms with Crippen LogP contribution in [-0.4, -0.2) is 48.8 Å². The van der Waals surface area contributed by atoms with Crippen LogP contribution in [0.3, 0.4) is 0 Å². The van der Waals surface area contributed by atoms with Gasteiger partial charge in [-0.2, -0.15) is 4.31 Å². The molecule has 0 radical (unpaired) electrons. The van der Waals surface area contributed by atoms with Crippen LogP contribution in [0.1, 0.15) is 49.4 Å². The van der Waals surface area contributed by atoms with Crippen LogP contribution in [-0.2, 0) is 14.8 Å². The number of hydrogen-bond donors (Lipinski definition) is 2. The summed E-state index contributed by atoms with van der Waals surface area (Å²) in [6.07, 6.45) is 3.35. The maximum atomic E-state index is 12.9. The summed E-state index contributed by atoms with van der Waals surface area (Å²) in [5.41, 5.74) is 0.125. The summed E-state index contributed by atoms with van der Waals surface area (Å²) in [5, 5.41) is 11.4. The fourth-order valence-corrected chi connectivity index (χ4v) is 4.90. The molecule has 1 aromatic carbocycles. The van der Waals surface area contributed by atoms with Crippen molar-refractivity contribution in [3.63, 3.8) is 0 Å². The minimum absolute atomic E-state index is 0.0596. The standard InChI is InChI=1S/C17H23ClN2O5S/c1-12(10-16(21)22)19-17(23)13-6-7-14(18)15(11-13)26(24,25)20-8-4-2-3-5-9-20/h6-7,11-12H,2-5,8-10H2,1H3,(H,19,23)(H,21,22)/t12-/m1/s1. The van der Waals surface area contributed by atoms with E-state index in [4.69, 9.17) is 16.7 Å². The Bertz CT molecular complexity index is 773. The maximum absolute atomic E-state index is 12.9. The molecule has 1 aromatic rings. The molecule has 0 spiro atoms. The minimum atomic E-state index is -3.79. The van der Waals surface area contributed by atoms with Gasteiger partial charge in [0.05, 0.1) is 11.4 Å². The summed E-state index contributed by atoms with van der Waals surface area (Å²) in [6.45, 7) is 2.44. The van der Waals surface area contributed by atoms with Crippen LogP contribution in [0.15, 0.2) is 23.1 Å². The molecule has 1 aliphatic heterocycles. The fourth-order valence-electron chi connectivity index (χ4n) is 2.88. The monoisotopic (exact) mass is 402 g/mol. The van der Waals surface area contributed by atoms with Crippen molar-refractivity contribution in [2.24, 2.45) is 0 Å². The SMILES string of the molecule is C[C@H](CC(=O)O)NC(=O)c1ccc(Cl)c(S(=O)(=O)N2CCCCCC2)c1. The minimum Gasteiger partial charge on any atom is -0.481 e. The van der Waals surface area contributed by atoms with Crippen LogP contribution < -0.4 is 5.32 Å². The van der Waals surface area contributed by atoms with Crippen LogP contribution in [0.2, 0.25) is 5.02 Å². The summed E-state index contributed by atoms with van der Waals surface area (Å²) >= 11 is 6.10. The van der Waals surface area contributed by atoms with Gasteiger partial charge in [-0.15, -0.1) is 0 Å². The molecule has 0 saturated carbocycles. The highest BCUT2D eigenvalue weighted by molar-refractivity contribution is 7.89. The number of nitrogens with one attached hydrogen (secondary N) is 1. The third-order valence-electron chi connectivity index (χ3n) is 4.23. The van der Waals surface area contributed by atoms with Crippen molar-refractivity contribution in [3.05, 3.63) is 28.8 Å². The number of benzene rings is 1. The van der Waals surface area contributed by atoms with Gasteiger partial charge in [0.2, 0.25) is 10.0 Å². The summed E-state index contributed by atoms with van der Waals surface area (Å²) in [4.78, 5) is 22.9. The first-order chi connectivity index (χ1) is 12.2. The number of carboxylic acid groups (broad SMARTS) is 1. The summed E-state index contributed by atoms with van der Waals surface area (Å²) in [6, 6.07) is 3.47. The average molecular weight is 403 g/mol. The zero-order valence-corrected chi connectivity index (χ0v) is 16.1. The van der Waals surface area contributed by atoms with Gasteiger partial charge in [0.15, 0.2) is 0 Å². The molecule has 1 amide bonds. The molecule has 0 unspecified atom stereocenters. The van der Waals surface area contributed by atoms with Crippen molar-refractivity contribution in [2.45, 2.75) is 50.0 Å². The molecule has 1 heterocycles. The average Bonchev–Trinajstić information content (AvgIpc) is 2.83. The zero-order chi connectivity index (χ0) is 19.3. The summed E-state index contributed by atoms with van der Waals surface area (Å²) in [5.74, 6) is -1.57. The number of carbonyl (C=O) groups excluding carboxylic acids is 1. The highest BCUT2D eigenvalue weighted by Crippen LogP contribution is 2.27. The number of rotatable bonds is 6. The Labute approximate surface area is 158 Å². The Morgan fingerprint density at radius 1 is 1.23 bits per heavy atom. The van der Waals surface area contributed by atoms with Gasteiger partial charge in [-0.3, -0.25) is 9.59 Å². The van der Waals surface area contributed by atoms with E-state index in [9.17, 15) is 18.0 Å². The molecule has 1 atom stereocenters. The third-order valence-corrected chi connectivity index (χ3v) is 6.61. The Hall–Kier alpha value is -1.64. The quantitative estimate of drug-likeness (QED) is 0.760. The fraction of sp³-hybridized carbons (Fsp3) is 0.529. The lowest BCUT2D eigenvalue weighted by molar-refractivity contribution is -0.137. The van der Waals surface area contributed by atoms with Gasteiger partial charge in [0.25, 0.3) is 5.91 Å². The van der Waals surface area contributed by atoms with Crippen LogP contribution in [0, 0.1) is 0 Å². The van der Waals surface area contributed by atoms with E-state index < -0.39 is 27.9 Å². The zero-order valence-electron chi connectivity index (χ0n) is 14.6. The first-order valence-electron chi connectivity index (χ1n) is 8.54. The number of hydrogen-bond acceptors (Lipinski definition) is 4. The van der Waals surface area contributed by atoms with Gasteiger partial charge >= 0.3 is 5.97 Å². The highest BCUT2D eigenvalue weighted by Gasteiger charge is 2.28. The Morgan fingerprint density at radius 2 is 1.85 bits per heavy atom. The Kier molecular flexibility index (Phi) is 7.02. The van der Waals surface area contributed by atoms with Crippen molar-refractivity contribution in [1.29, 1.82) is 0 Å². The van der Waals surface area contributed by atoms with Crippen LogP contribution >= 0.6 is 11.6 Å². The van der Waals surface area contributed by atoms with Crippen molar-refractivity contribution in [3.8, 4) is 0 Å². The number of aliphatic carboxylic acids is 1. The van der Waals surface area contributed by atoms with Gasteiger partial charge in [-0.05, 0) is 38.0 Å². The second-order valence-electron chi connectivity index (χ2n) is 6.44. The van der Waals surface area contributed by atoms with Crippen LogP contribution in [0.25, 0.3) is 0 Å². The summed E-state index contributed by atoms with van der Waals surface area (Å²) in [7, 11) is -3.79. The number of amides is 1. The van der Waals surface area contributed by atoms with E-state index in [1.54, 1.807) is 6.92 Å². The van der Waals surface area contributed by atoms with E-state index in [1.807, 2.05) is 0 Å². The normalized spacial score (nSPS) is 17.3. The predicted molar refractivity (Wildman–Crippen MR) is 97.9 cm³/mol. The van der Waals surface area contributed by atoms with Crippen molar-refractivity contribution < 1.29 is 23.1 Å². The maximum Gasteiger partial charge on any atom is 0.305 e. The van der Waals surface area contributed by atoms with Crippen LogP contribution in [0.5, 0.6) is 0 Å². The molecule has 144 valence electrons. The molecule has 7 nitrogen and oxygen atoms in total. The van der Waals surface area contributed by atoms with Crippen molar-refractivity contribution in [2.75, 3.05) is 13.1 Å². The first-order valence-corrected chi connectivity index (χ1v) is 10.4. The summed E-state index contributed by atoms with van der Waals surface area (Å²) < 4.78 is 27.3. The van der Waals surface area contributed by atoms with Crippen LogP contribution in [0.4, 0.5) is 0 Å². The number of carbonyl (C=O) groups is 2. The predicted octanol–water partition coefficient (Wildman–Crippen LogP) is 2.50. The lowest BCUT2D eigenvalue weighted by atomic mass is 10.2.